The van der Waals surface area contributed by atoms with E-state index in [4.69, 9.17) is 0 Å². The van der Waals surface area contributed by atoms with Crippen LogP contribution < -0.4 is 5.32 Å². The molecule has 1 heterocycles. The SMILES string of the molecule is CCCC1NC(C(C)C)N(C2CCC(C)C2)C1=O. The van der Waals surface area contributed by atoms with Gasteiger partial charge in [-0.15, -0.1) is 0 Å². The molecule has 2 rings (SSSR count). The maximum atomic E-state index is 12.6. The van der Waals surface area contributed by atoms with E-state index in [1.165, 1.54) is 19.3 Å². The number of carbonyl (C=O) groups excluding carboxylic acids is 1. The molecular weight excluding hydrogens is 224 g/mol. The molecule has 3 nitrogen and oxygen atoms in total. The zero-order valence-corrected chi connectivity index (χ0v) is 12.3. The monoisotopic (exact) mass is 252 g/mol. The average Bonchev–Trinajstić information content (AvgIpc) is 2.85. The molecule has 3 heteroatoms. The summed E-state index contributed by atoms with van der Waals surface area (Å²) >= 11 is 0. The molecule has 0 bridgehead atoms. The van der Waals surface area contributed by atoms with Gasteiger partial charge < -0.3 is 4.90 Å². The average molecular weight is 252 g/mol. The van der Waals surface area contributed by atoms with E-state index in [2.05, 4.69) is 37.9 Å². The molecule has 1 saturated carbocycles. The van der Waals surface area contributed by atoms with Gasteiger partial charge in [-0.1, -0.05) is 34.1 Å². The third-order valence-electron chi connectivity index (χ3n) is 4.49. The number of nitrogens with one attached hydrogen (secondary N) is 1. The van der Waals surface area contributed by atoms with Gasteiger partial charge in [-0.2, -0.15) is 0 Å². The summed E-state index contributed by atoms with van der Waals surface area (Å²) in [5.41, 5.74) is 0. The van der Waals surface area contributed by atoms with Gasteiger partial charge in [0.1, 0.15) is 0 Å². The van der Waals surface area contributed by atoms with Crippen LogP contribution in [-0.4, -0.2) is 29.1 Å². The predicted molar refractivity (Wildman–Crippen MR) is 74.1 cm³/mol. The van der Waals surface area contributed by atoms with Crippen molar-refractivity contribution in [2.24, 2.45) is 11.8 Å². The first kappa shape index (κ1) is 13.9. The van der Waals surface area contributed by atoms with Gasteiger partial charge in [0.15, 0.2) is 0 Å². The maximum Gasteiger partial charge on any atom is 0.241 e. The topological polar surface area (TPSA) is 32.3 Å². The molecule has 104 valence electrons. The molecule has 2 fully saturated rings. The van der Waals surface area contributed by atoms with E-state index in [9.17, 15) is 4.79 Å². The van der Waals surface area contributed by atoms with E-state index < -0.39 is 0 Å². The summed E-state index contributed by atoms with van der Waals surface area (Å²) in [5, 5.41) is 3.56. The van der Waals surface area contributed by atoms with Crippen LogP contribution in [0.25, 0.3) is 0 Å². The lowest BCUT2D eigenvalue weighted by molar-refractivity contribution is -0.133. The Hall–Kier alpha value is -0.570. The Morgan fingerprint density at radius 3 is 2.61 bits per heavy atom. The van der Waals surface area contributed by atoms with E-state index >= 15 is 0 Å². The molecule has 0 spiro atoms. The number of carbonyl (C=O) groups is 1. The summed E-state index contributed by atoms with van der Waals surface area (Å²) in [6.07, 6.45) is 5.96. The Balaban J connectivity index is 2.11. The van der Waals surface area contributed by atoms with Crippen LogP contribution in [0.2, 0.25) is 0 Å². The summed E-state index contributed by atoms with van der Waals surface area (Å²) in [5.74, 6) is 1.63. The first-order valence-electron chi connectivity index (χ1n) is 7.62. The van der Waals surface area contributed by atoms with Crippen molar-refractivity contribution >= 4 is 5.91 Å². The first-order chi connectivity index (χ1) is 8.54. The minimum atomic E-state index is 0.0679. The second-order valence-corrected chi connectivity index (χ2v) is 6.51. The highest BCUT2D eigenvalue weighted by molar-refractivity contribution is 5.84. The lowest BCUT2D eigenvalue weighted by Gasteiger charge is -2.32. The maximum absolute atomic E-state index is 12.6. The molecule has 0 radical (unpaired) electrons. The zero-order chi connectivity index (χ0) is 13.3. The van der Waals surface area contributed by atoms with Gasteiger partial charge >= 0.3 is 0 Å². The van der Waals surface area contributed by atoms with Crippen LogP contribution in [0, 0.1) is 11.8 Å². The molecule has 0 aromatic rings. The van der Waals surface area contributed by atoms with Gasteiger partial charge in [-0.3, -0.25) is 10.1 Å². The smallest absolute Gasteiger partial charge is 0.241 e. The molecule has 2 aliphatic rings. The normalized spacial score (nSPS) is 36.9. The molecular formula is C15H28N2O. The summed E-state index contributed by atoms with van der Waals surface area (Å²) in [7, 11) is 0. The molecule has 0 aromatic carbocycles. The lowest BCUT2D eigenvalue weighted by atomic mass is 10.1. The van der Waals surface area contributed by atoms with Crippen molar-refractivity contribution in [2.45, 2.75) is 78.0 Å². The Morgan fingerprint density at radius 2 is 2.11 bits per heavy atom. The molecule has 1 saturated heterocycles. The number of nitrogens with zero attached hydrogens (tertiary/aromatic N) is 1. The number of hydrogen-bond acceptors (Lipinski definition) is 2. The standard InChI is InChI=1S/C15H28N2O/c1-5-6-13-15(18)17(14(16-13)10(2)3)12-8-7-11(4)9-12/h10-14,16H,5-9H2,1-4H3. The van der Waals surface area contributed by atoms with Crippen molar-refractivity contribution in [1.29, 1.82) is 0 Å². The third kappa shape index (κ3) is 2.56. The predicted octanol–water partition coefficient (Wildman–Crippen LogP) is 2.76. The van der Waals surface area contributed by atoms with Gasteiger partial charge in [-0.25, -0.2) is 0 Å². The molecule has 4 unspecified atom stereocenters. The van der Waals surface area contributed by atoms with Crippen molar-refractivity contribution < 1.29 is 4.79 Å². The van der Waals surface area contributed by atoms with Crippen molar-refractivity contribution in [3.8, 4) is 0 Å². The van der Waals surface area contributed by atoms with E-state index in [1.807, 2.05) is 0 Å². The van der Waals surface area contributed by atoms with Crippen LogP contribution in [0.15, 0.2) is 0 Å². The van der Waals surface area contributed by atoms with Crippen molar-refractivity contribution in [1.82, 2.24) is 10.2 Å². The van der Waals surface area contributed by atoms with Crippen molar-refractivity contribution in [3.63, 3.8) is 0 Å². The molecule has 0 aromatic heterocycles. The van der Waals surface area contributed by atoms with Crippen molar-refractivity contribution in [3.05, 3.63) is 0 Å². The van der Waals surface area contributed by atoms with Gasteiger partial charge in [0.25, 0.3) is 0 Å². The van der Waals surface area contributed by atoms with Gasteiger partial charge in [0.2, 0.25) is 5.91 Å². The largest absolute Gasteiger partial charge is 0.323 e. The fourth-order valence-corrected chi connectivity index (χ4v) is 3.52. The fourth-order valence-electron chi connectivity index (χ4n) is 3.52. The molecule has 1 aliphatic heterocycles. The number of rotatable bonds is 4. The van der Waals surface area contributed by atoms with Crippen LogP contribution >= 0.6 is 0 Å². The first-order valence-corrected chi connectivity index (χ1v) is 7.62. The summed E-state index contributed by atoms with van der Waals surface area (Å²) < 4.78 is 0. The Bertz CT molecular complexity index is 303. The van der Waals surface area contributed by atoms with Gasteiger partial charge in [0, 0.05) is 6.04 Å². The second-order valence-electron chi connectivity index (χ2n) is 6.51. The lowest BCUT2D eigenvalue weighted by Crippen LogP contribution is -2.46. The number of hydrogen-bond donors (Lipinski definition) is 1. The Kier molecular flexibility index (Phi) is 4.31. The summed E-state index contributed by atoms with van der Waals surface area (Å²) in [6.45, 7) is 8.89. The molecule has 1 amide bonds. The summed E-state index contributed by atoms with van der Waals surface area (Å²) in [4.78, 5) is 14.8. The highest BCUT2D eigenvalue weighted by Gasteiger charge is 2.44. The quantitative estimate of drug-likeness (QED) is 0.834. The van der Waals surface area contributed by atoms with Crippen LogP contribution in [0.5, 0.6) is 0 Å². The minimum Gasteiger partial charge on any atom is -0.323 e. The minimum absolute atomic E-state index is 0.0679. The Morgan fingerprint density at radius 1 is 1.39 bits per heavy atom. The fraction of sp³-hybridized carbons (Fsp3) is 0.933. The molecule has 1 N–H and O–H groups in total. The van der Waals surface area contributed by atoms with Crippen LogP contribution in [0.1, 0.15) is 59.8 Å². The van der Waals surface area contributed by atoms with Gasteiger partial charge in [0.05, 0.1) is 12.2 Å². The number of amides is 1. The van der Waals surface area contributed by atoms with E-state index in [0.29, 0.717) is 17.9 Å². The molecule has 4 atom stereocenters. The highest BCUT2D eigenvalue weighted by atomic mass is 16.2. The van der Waals surface area contributed by atoms with Crippen LogP contribution in [0.4, 0.5) is 0 Å². The van der Waals surface area contributed by atoms with Crippen LogP contribution in [-0.2, 0) is 4.79 Å². The zero-order valence-electron chi connectivity index (χ0n) is 12.3. The molecule has 18 heavy (non-hydrogen) atoms. The molecule has 1 aliphatic carbocycles. The Labute approximate surface area is 111 Å². The second kappa shape index (κ2) is 5.60. The highest BCUT2D eigenvalue weighted by Crippen LogP contribution is 2.33. The third-order valence-corrected chi connectivity index (χ3v) is 4.49. The van der Waals surface area contributed by atoms with Crippen LogP contribution in [0.3, 0.4) is 0 Å². The van der Waals surface area contributed by atoms with Crippen molar-refractivity contribution in [2.75, 3.05) is 0 Å². The van der Waals surface area contributed by atoms with E-state index in [-0.39, 0.29) is 12.2 Å². The van der Waals surface area contributed by atoms with E-state index in [0.717, 1.165) is 18.8 Å². The van der Waals surface area contributed by atoms with Gasteiger partial charge in [-0.05, 0) is 37.5 Å². The summed E-state index contributed by atoms with van der Waals surface area (Å²) in [6, 6.07) is 0.549. The van der Waals surface area contributed by atoms with E-state index in [1.54, 1.807) is 0 Å².